The van der Waals surface area contributed by atoms with Crippen LogP contribution in [0.2, 0.25) is 0 Å². The molecular weight excluding hydrogens is 222 g/mol. The van der Waals surface area contributed by atoms with E-state index in [9.17, 15) is 0 Å². The van der Waals surface area contributed by atoms with Crippen molar-refractivity contribution in [3.05, 3.63) is 34.0 Å². The monoisotopic (exact) mass is 237 g/mol. The van der Waals surface area contributed by atoms with Gasteiger partial charge in [0, 0.05) is 12.7 Å². The molecule has 0 aromatic carbocycles. The molecule has 1 atom stereocenters. The first kappa shape index (κ1) is 11.3. The molecule has 0 aliphatic heterocycles. The van der Waals surface area contributed by atoms with E-state index in [1.165, 1.54) is 0 Å². The van der Waals surface area contributed by atoms with Gasteiger partial charge < -0.3 is 0 Å². The minimum atomic E-state index is -0.0325. The fraction of sp³-hybridized carbons (Fsp3) is 0.400. The van der Waals surface area contributed by atoms with E-state index < -0.39 is 0 Å². The zero-order valence-electron chi connectivity index (χ0n) is 9.34. The van der Waals surface area contributed by atoms with Crippen molar-refractivity contribution in [2.75, 3.05) is 0 Å². The Kier molecular flexibility index (Phi) is 3.33. The zero-order chi connectivity index (χ0) is 11.5. The Morgan fingerprint density at radius 2 is 2.44 bits per heavy atom. The summed E-state index contributed by atoms with van der Waals surface area (Å²) in [6.45, 7) is 4.88. The average Bonchev–Trinajstić information content (AvgIpc) is 2.90. The summed E-state index contributed by atoms with van der Waals surface area (Å²) < 4.78 is 1.93. The van der Waals surface area contributed by atoms with Crippen molar-refractivity contribution < 1.29 is 0 Å². The molecule has 3 N–H and O–H groups in total. The first-order chi connectivity index (χ1) is 7.77. The van der Waals surface area contributed by atoms with Crippen LogP contribution < -0.4 is 11.3 Å². The summed E-state index contributed by atoms with van der Waals surface area (Å²) in [5.74, 6) is 5.64. The molecule has 0 radical (unpaired) electrons. The summed E-state index contributed by atoms with van der Waals surface area (Å²) in [5, 5.41) is 4.25. The van der Waals surface area contributed by atoms with Crippen molar-refractivity contribution in [1.82, 2.24) is 20.2 Å². The van der Waals surface area contributed by atoms with Crippen molar-refractivity contribution in [2.45, 2.75) is 26.4 Å². The van der Waals surface area contributed by atoms with Crippen LogP contribution in [0.15, 0.2) is 17.8 Å². The number of hydrogen-bond donors (Lipinski definition) is 2. The Hall–Kier alpha value is -1.24. The molecule has 86 valence electrons. The largest absolute Gasteiger partial charge is 0.270 e. The third-order valence-electron chi connectivity index (χ3n) is 2.56. The predicted molar refractivity (Wildman–Crippen MR) is 63.9 cm³/mol. The molecule has 2 heterocycles. The first-order valence-electron chi connectivity index (χ1n) is 5.15. The molecule has 0 saturated heterocycles. The molecule has 0 amide bonds. The van der Waals surface area contributed by atoms with E-state index in [4.69, 9.17) is 5.84 Å². The number of hydrazine groups is 1. The predicted octanol–water partition coefficient (Wildman–Crippen LogP) is 1.22. The van der Waals surface area contributed by atoms with Crippen LogP contribution >= 0.6 is 11.3 Å². The van der Waals surface area contributed by atoms with Crippen LogP contribution in [0.5, 0.6) is 0 Å². The summed E-state index contributed by atoms with van der Waals surface area (Å²) >= 11 is 1.60. The van der Waals surface area contributed by atoms with E-state index >= 15 is 0 Å². The fourth-order valence-corrected chi connectivity index (χ4v) is 2.61. The lowest BCUT2D eigenvalue weighted by atomic mass is 10.1. The van der Waals surface area contributed by atoms with Crippen LogP contribution in [0, 0.1) is 6.92 Å². The van der Waals surface area contributed by atoms with E-state index in [0.717, 1.165) is 22.8 Å². The first-order valence-corrected chi connectivity index (χ1v) is 6.03. The Labute approximate surface area is 98.3 Å². The van der Waals surface area contributed by atoms with E-state index in [2.05, 4.69) is 22.4 Å². The van der Waals surface area contributed by atoms with Crippen LogP contribution in [0.25, 0.3) is 0 Å². The normalized spacial score (nSPS) is 12.9. The highest BCUT2D eigenvalue weighted by Crippen LogP contribution is 2.26. The van der Waals surface area contributed by atoms with Crippen LogP contribution in [0.3, 0.4) is 0 Å². The van der Waals surface area contributed by atoms with Crippen molar-refractivity contribution in [2.24, 2.45) is 5.84 Å². The second kappa shape index (κ2) is 4.73. The summed E-state index contributed by atoms with van der Waals surface area (Å²) in [5.41, 5.74) is 6.74. The lowest BCUT2D eigenvalue weighted by molar-refractivity contribution is 0.546. The molecule has 2 aromatic heterocycles. The van der Waals surface area contributed by atoms with Gasteiger partial charge in [-0.3, -0.25) is 10.5 Å². The smallest absolute Gasteiger partial charge is 0.0988 e. The van der Waals surface area contributed by atoms with Crippen LogP contribution in [0.4, 0.5) is 0 Å². The Bertz CT molecular complexity index is 461. The maximum Gasteiger partial charge on any atom is 0.0988 e. The molecule has 6 heteroatoms. The van der Waals surface area contributed by atoms with E-state index in [0.29, 0.717) is 0 Å². The minimum Gasteiger partial charge on any atom is -0.270 e. The number of nitrogens with one attached hydrogen (secondary N) is 1. The van der Waals surface area contributed by atoms with Gasteiger partial charge >= 0.3 is 0 Å². The van der Waals surface area contributed by atoms with Gasteiger partial charge in [0.05, 0.1) is 27.8 Å². The standard InChI is InChI=1S/C10H15N5S/c1-3-15-8(4-5-13-15)9(14-11)10-7(2)12-6-16-10/h4-6,9,14H,3,11H2,1-2H3. The number of aromatic nitrogens is 3. The molecular formula is C10H15N5S. The van der Waals surface area contributed by atoms with Gasteiger partial charge in [-0.05, 0) is 19.9 Å². The second-order valence-corrected chi connectivity index (χ2v) is 4.36. The number of aryl methyl sites for hydroxylation is 2. The van der Waals surface area contributed by atoms with Gasteiger partial charge in [-0.25, -0.2) is 10.4 Å². The molecule has 0 aliphatic carbocycles. The average molecular weight is 237 g/mol. The summed E-state index contributed by atoms with van der Waals surface area (Å²) in [4.78, 5) is 5.38. The summed E-state index contributed by atoms with van der Waals surface area (Å²) in [6.07, 6.45) is 1.79. The maximum absolute atomic E-state index is 5.64. The Morgan fingerprint density at radius 3 is 3.00 bits per heavy atom. The van der Waals surface area contributed by atoms with Crippen molar-refractivity contribution in [3.63, 3.8) is 0 Å². The highest BCUT2D eigenvalue weighted by atomic mass is 32.1. The quantitative estimate of drug-likeness (QED) is 0.619. The maximum atomic E-state index is 5.64. The molecule has 0 bridgehead atoms. The van der Waals surface area contributed by atoms with Gasteiger partial charge in [-0.1, -0.05) is 0 Å². The second-order valence-electron chi connectivity index (χ2n) is 3.47. The third-order valence-corrected chi connectivity index (χ3v) is 3.55. The molecule has 1 unspecified atom stereocenters. The number of hydrogen-bond acceptors (Lipinski definition) is 5. The van der Waals surface area contributed by atoms with Crippen molar-refractivity contribution in [3.8, 4) is 0 Å². The molecule has 0 fully saturated rings. The van der Waals surface area contributed by atoms with Crippen LogP contribution in [-0.2, 0) is 6.54 Å². The zero-order valence-corrected chi connectivity index (χ0v) is 10.2. The van der Waals surface area contributed by atoms with Crippen LogP contribution in [-0.4, -0.2) is 14.8 Å². The van der Waals surface area contributed by atoms with Gasteiger partial charge in [-0.15, -0.1) is 11.3 Å². The SMILES string of the molecule is CCn1nccc1C(NN)c1scnc1C. The highest BCUT2D eigenvalue weighted by molar-refractivity contribution is 7.09. The minimum absolute atomic E-state index is 0.0325. The topological polar surface area (TPSA) is 68.8 Å². The number of rotatable bonds is 4. The molecule has 5 nitrogen and oxygen atoms in total. The van der Waals surface area contributed by atoms with E-state index in [1.807, 2.05) is 23.2 Å². The lowest BCUT2D eigenvalue weighted by Gasteiger charge is -2.16. The number of nitrogens with zero attached hydrogens (tertiary/aromatic N) is 3. The lowest BCUT2D eigenvalue weighted by Crippen LogP contribution is -2.30. The summed E-state index contributed by atoms with van der Waals surface area (Å²) in [7, 11) is 0. The van der Waals surface area contributed by atoms with Gasteiger partial charge in [0.2, 0.25) is 0 Å². The molecule has 0 spiro atoms. The van der Waals surface area contributed by atoms with Gasteiger partial charge in [0.15, 0.2) is 0 Å². The molecule has 2 aromatic rings. The Morgan fingerprint density at radius 1 is 1.62 bits per heavy atom. The van der Waals surface area contributed by atoms with Gasteiger partial charge in [0.25, 0.3) is 0 Å². The van der Waals surface area contributed by atoms with Gasteiger partial charge in [0.1, 0.15) is 0 Å². The van der Waals surface area contributed by atoms with E-state index in [-0.39, 0.29) is 6.04 Å². The third kappa shape index (κ3) is 1.87. The number of nitrogens with two attached hydrogens (primary N) is 1. The molecule has 16 heavy (non-hydrogen) atoms. The molecule has 0 saturated carbocycles. The molecule has 0 aliphatic rings. The Balaban J connectivity index is 2.40. The van der Waals surface area contributed by atoms with E-state index in [1.54, 1.807) is 17.5 Å². The van der Waals surface area contributed by atoms with Gasteiger partial charge in [-0.2, -0.15) is 5.10 Å². The highest BCUT2D eigenvalue weighted by Gasteiger charge is 2.20. The van der Waals surface area contributed by atoms with Crippen molar-refractivity contribution >= 4 is 11.3 Å². The fourth-order valence-electron chi connectivity index (χ4n) is 1.74. The molecule has 2 rings (SSSR count). The summed E-state index contributed by atoms with van der Waals surface area (Å²) in [6, 6.07) is 1.95. The van der Waals surface area contributed by atoms with Crippen molar-refractivity contribution in [1.29, 1.82) is 0 Å². The van der Waals surface area contributed by atoms with Crippen LogP contribution in [0.1, 0.15) is 29.2 Å². The number of thiazole rings is 1.